The van der Waals surface area contributed by atoms with Gasteiger partial charge in [0.1, 0.15) is 5.82 Å². The third-order valence-corrected chi connectivity index (χ3v) is 4.13. The molecule has 0 amide bonds. The van der Waals surface area contributed by atoms with Gasteiger partial charge in [0.05, 0.1) is 5.69 Å². The lowest BCUT2D eigenvalue weighted by Gasteiger charge is -2.35. The zero-order chi connectivity index (χ0) is 13.7. The summed E-state index contributed by atoms with van der Waals surface area (Å²) in [6.45, 7) is 7.32. The number of aryl methyl sites for hydroxylation is 2. The second-order valence-corrected chi connectivity index (χ2v) is 5.51. The Balaban J connectivity index is 1.99. The van der Waals surface area contributed by atoms with Gasteiger partial charge in [0, 0.05) is 38.4 Å². The summed E-state index contributed by atoms with van der Waals surface area (Å²) in [6.07, 6.45) is 6.08. The molecule has 4 heteroatoms. The summed E-state index contributed by atoms with van der Waals surface area (Å²) in [6, 6.07) is 0.662. The van der Waals surface area contributed by atoms with E-state index >= 15 is 0 Å². The van der Waals surface area contributed by atoms with Crippen LogP contribution in [0.1, 0.15) is 49.8 Å². The molecule has 0 radical (unpaired) electrons. The van der Waals surface area contributed by atoms with Crippen molar-refractivity contribution in [3.8, 4) is 0 Å². The zero-order valence-electron chi connectivity index (χ0n) is 12.5. The lowest BCUT2D eigenvalue weighted by atomic mass is 9.99. The van der Waals surface area contributed by atoms with Crippen LogP contribution in [-0.4, -0.2) is 41.2 Å². The molecule has 19 heavy (non-hydrogen) atoms. The van der Waals surface area contributed by atoms with Crippen molar-refractivity contribution in [1.82, 2.24) is 14.9 Å². The molecule has 108 valence electrons. The van der Waals surface area contributed by atoms with Crippen LogP contribution in [0, 0.1) is 6.92 Å². The van der Waals surface area contributed by atoms with Crippen LogP contribution in [0.5, 0.6) is 0 Å². The van der Waals surface area contributed by atoms with Gasteiger partial charge in [-0.3, -0.25) is 4.90 Å². The first-order chi connectivity index (χ1) is 9.24. The Morgan fingerprint density at radius 1 is 1.42 bits per heavy atom. The van der Waals surface area contributed by atoms with Gasteiger partial charge in [0.15, 0.2) is 0 Å². The molecule has 1 atom stereocenters. The minimum atomic E-state index is 0.662. The summed E-state index contributed by atoms with van der Waals surface area (Å²) in [7, 11) is 1.79. The summed E-state index contributed by atoms with van der Waals surface area (Å²) in [4.78, 5) is 10.7. The Labute approximate surface area is 116 Å². The Morgan fingerprint density at radius 2 is 2.26 bits per heavy atom. The van der Waals surface area contributed by atoms with Crippen LogP contribution >= 0.6 is 0 Å². The van der Waals surface area contributed by atoms with Crippen LogP contribution in [-0.2, 0) is 17.7 Å². The molecule has 0 saturated carbocycles. The number of H-pyrrole nitrogens is 1. The monoisotopic (exact) mass is 265 g/mol. The van der Waals surface area contributed by atoms with E-state index in [9.17, 15) is 0 Å². The normalized spacial score (nSPS) is 20.9. The molecule has 1 fully saturated rings. The number of hydrogen-bond donors (Lipinski definition) is 1. The van der Waals surface area contributed by atoms with Gasteiger partial charge < -0.3 is 9.72 Å². The van der Waals surface area contributed by atoms with Crippen LogP contribution in [0.15, 0.2) is 0 Å². The number of ether oxygens (including phenoxy) is 1. The number of rotatable bonds is 6. The highest BCUT2D eigenvalue weighted by Gasteiger charge is 2.23. The number of nitrogens with one attached hydrogen (secondary N) is 1. The number of aromatic nitrogens is 2. The van der Waals surface area contributed by atoms with Crippen LogP contribution in [0.25, 0.3) is 0 Å². The molecular formula is C15H27N3O. The summed E-state index contributed by atoms with van der Waals surface area (Å²) >= 11 is 0. The van der Waals surface area contributed by atoms with Crippen molar-refractivity contribution in [2.75, 3.05) is 20.3 Å². The molecule has 0 bridgehead atoms. The van der Waals surface area contributed by atoms with E-state index in [0.29, 0.717) is 6.04 Å². The van der Waals surface area contributed by atoms with Gasteiger partial charge in [-0.2, -0.15) is 0 Å². The Morgan fingerprint density at radius 3 is 2.95 bits per heavy atom. The van der Waals surface area contributed by atoms with Crippen molar-refractivity contribution in [1.29, 1.82) is 0 Å². The van der Waals surface area contributed by atoms with Crippen molar-refractivity contribution in [3.05, 3.63) is 17.2 Å². The first-order valence-corrected chi connectivity index (χ1v) is 7.52. The van der Waals surface area contributed by atoms with Crippen LogP contribution in [0.3, 0.4) is 0 Å². The Kier molecular flexibility index (Phi) is 5.40. The fourth-order valence-electron chi connectivity index (χ4n) is 2.93. The largest absolute Gasteiger partial charge is 0.385 e. The Bertz CT molecular complexity index is 389. The van der Waals surface area contributed by atoms with E-state index in [-0.39, 0.29) is 0 Å². The average Bonchev–Trinajstić information content (AvgIpc) is 2.78. The number of piperidine rings is 1. The first kappa shape index (κ1) is 14.5. The quantitative estimate of drug-likeness (QED) is 0.859. The number of hydrogen-bond acceptors (Lipinski definition) is 3. The van der Waals surface area contributed by atoms with Crippen LogP contribution in [0.4, 0.5) is 0 Å². The predicted octanol–water partition coefficient (Wildman–Crippen LogP) is 2.67. The lowest BCUT2D eigenvalue weighted by Crippen LogP contribution is -2.39. The molecule has 2 heterocycles. The molecule has 1 aromatic rings. The number of methoxy groups -OCH3 is 1. The number of imidazole rings is 1. The summed E-state index contributed by atoms with van der Waals surface area (Å²) in [5, 5.41) is 0. The third kappa shape index (κ3) is 3.80. The van der Waals surface area contributed by atoms with Crippen molar-refractivity contribution in [3.63, 3.8) is 0 Å². The fourth-order valence-corrected chi connectivity index (χ4v) is 2.93. The number of aromatic amines is 1. The SMILES string of the molecule is CCc1nc(CN2CCCC[C@H]2CCOC)c(C)[nH]1. The van der Waals surface area contributed by atoms with E-state index in [1.807, 2.05) is 0 Å². The fraction of sp³-hybridized carbons (Fsp3) is 0.800. The van der Waals surface area contributed by atoms with Crippen LogP contribution < -0.4 is 0 Å². The van der Waals surface area contributed by atoms with Crippen LogP contribution in [0.2, 0.25) is 0 Å². The van der Waals surface area contributed by atoms with E-state index < -0.39 is 0 Å². The molecule has 0 unspecified atom stereocenters. The highest BCUT2D eigenvalue weighted by atomic mass is 16.5. The lowest BCUT2D eigenvalue weighted by molar-refractivity contribution is 0.0963. The van der Waals surface area contributed by atoms with Gasteiger partial charge in [0.2, 0.25) is 0 Å². The van der Waals surface area contributed by atoms with Gasteiger partial charge >= 0.3 is 0 Å². The molecule has 1 saturated heterocycles. The van der Waals surface area contributed by atoms with Gasteiger partial charge in [0.25, 0.3) is 0 Å². The summed E-state index contributed by atoms with van der Waals surface area (Å²) < 4.78 is 5.24. The van der Waals surface area contributed by atoms with Crippen molar-refractivity contribution >= 4 is 0 Å². The molecule has 2 rings (SSSR count). The second-order valence-electron chi connectivity index (χ2n) is 5.51. The average molecular weight is 265 g/mol. The minimum absolute atomic E-state index is 0.662. The molecular weight excluding hydrogens is 238 g/mol. The molecule has 0 spiro atoms. The van der Waals surface area contributed by atoms with E-state index in [1.54, 1.807) is 7.11 Å². The van der Waals surface area contributed by atoms with Crippen molar-refractivity contribution in [2.24, 2.45) is 0 Å². The van der Waals surface area contributed by atoms with Crippen molar-refractivity contribution < 1.29 is 4.74 Å². The molecule has 1 aliphatic rings. The topological polar surface area (TPSA) is 41.2 Å². The van der Waals surface area contributed by atoms with E-state index in [2.05, 4.69) is 23.7 Å². The smallest absolute Gasteiger partial charge is 0.106 e. The Hall–Kier alpha value is -0.870. The standard InChI is InChI=1S/C15H27N3O/c1-4-15-16-12(2)14(17-15)11-18-9-6-5-7-13(18)8-10-19-3/h13H,4-11H2,1-3H3,(H,16,17)/t13-/m0/s1. The van der Waals surface area contributed by atoms with Gasteiger partial charge in [-0.25, -0.2) is 4.98 Å². The molecule has 0 aromatic carbocycles. The number of nitrogens with zero attached hydrogens (tertiary/aromatic N) is 2. The maximum absolute atomic E-state index is 5.24. The predicted molar refractivity (Wildman–Crippen MR) is 77.2 cm³/mol. The van der Waals surface area contributed by atoms with E-state index in [1.165, 1.54) is 37.2 Å². The maximum atomic E-state index is 5.24. The van der Waals surface area contributed by atoms with E-state index in [0.717, 1.165) is 31.8 Å². The molecule has 0 aliphatic carbocycles. The second kappa shape index (κ2) is 7.06. The van der Waals surface area contributed by atoms with Gasteiger partial charge in [-0.1, -0.05) is 13.3 Å². The van der Waals surface area contributed by atoms with Crippen molar-refractivity contribution in [2.45, 2.75) is 58.5 Å². The number of likely N-dealkylation sites (tertiary alicyclic amines) is 1. The molecule has 1 aromatic heterocycles. The van der Waals surface area contributed by atoms with Gasteiger partial charge in [-0.15, -0.1) is 0 Å². The van der Waals surface area contributed by atoms with Gasteiger partial charge in [-0.05, 0) is 32.7 Å². The summed E-state index contributed by atoms with van der Waals surface area (Å²) in [5.74, 6) is 1.11. The van der Waals surface area contributed by atoms with E-state index in [4.69, 9.17) is 9.72 Å². The molecule has 4 nitrogen and oxygen atoms in total. The molecule has 1 aliphatic heterocycles. The zero-order valence-corrected chi connectivity index (χ0v) is 12.5. The first-order valence-electron chi connectivity index (χ1n) is 7.52. The highest BCUT2D eigenvalue weighted by Crippen LogP contribution is 2.22. The minimum Gasteiger partial charge on any atom is -0.385 e. The molecule has 1 N–H and O–H groups in total. The third-order valence-electron chi connectivity index (χ3n) is 4.13. The summed E-state index contributed by atoms with van der Waals surface area (Å²) in [5.41, 5.74) is 2.45. The maximum Gasteiger partial charge on any atom is 0.106 e. The highest BCUT2D eigenvalue weighted by molar-refractivity contribution is 5.13.